The Hall–Kier alpha value is -3.40. The number of hydrogen-bond donors (Lipinski definition) is 0. The molecule has 2 aliphatic rings. The molecule has 160 valence electrons. The summed E-state index contributed by atoms with van der Waals surface area (Å²) in [7, 11) is 1.81. The predicted octanol–water partition coefficient (Wildman–Crippen LogP) is 3.61. The van der Waals surface area contributed by atoms with Crippen LogP contribution < -0.4 is 19.2 Å². The first kappa shape index (κ1) is 19.6. The minimum Gasteiger partial charge on any atom is -0.454 e. The largest absolute Gasteiger partial charge is 0.454 e. The standard InChI is InChI=1S/C21H20N4O5S/c1-23-16-10-17-18(30-12-29-17)11-19(16)31-21(23)22-20(26)13-5-6-14(15(9-13)25(27)28)24-7-3-2-4-8-24/h5-6,9-11H,2-4,7-8,12H2,1H3. The average Bonchev–Trinajstić information content (AvgIpc) is 3.36. The maximum absolute atomic E-state index is 12.8. The molecule has 1 fully saturated rings. The Kier molecular flexibility index (Phi) is 4.85. The number of ether oxygens (including phenoxy) is 2. The second-order valence-electron chi connectivity index (χ2n) is 7.54. The molecule has 5 rings (SSSR count). The summed E-state index contributed by atoms with van der Waals surface area (Å²) in [5, 5.41) is 11.7. The molecule has 0 unspecified atom stereocenters. The Labute approximate surface area is 181 Å². The molecule has 10 heteroatoms. The highest BCUT2D eigenvalue weighted by Crippen LogP contribution is 2.37. The van der Waals surface area contributed by atoms with Crippen LogP contribution in [0.5, 0.6) is 11.5 Å². The molecule has 9 nitrogen and oxygen atoms in total. The molecule has 1 saturated heterocycles. The minimum absolute atomic E-state index is 0.0608. The summed E-state index contributed by atoms with van der Waals surface area (Å²) < 4.78 is 13.5. The van der Waals surface area contributed by atoms with Crippen molar-refractivity contribution in [2.45, 2.75) is 19.3 Å². The molecule has 0 saturated carbocycles. The molecule has 0 radical (unpaired) electrons. The number of amides is 1. The van der Waals surface area contributed by atoms with Crippen LogP contribution in [0, 0.1) is 10.1 Å². The van der Waals surface area contributed by atoms with Gasteiger partial charge >= 0.3 is 0 Å². The van der Waals surface area contributed by atoms with Crippen LogP contribution in [0.2, 0.25) is 0 Å². The summed E-state index contributed by atoms with van der Waals surface area (Å²) in [4.78, 5) is 30.8. The van der Waals surface area contributed by atoms with Crippen molar-refractivity contribution >= 4 is 38.8 Å². The fourth-order valence-corrected chi connectivity index (χ4v) is 5.01. The lowest BCUT2D eigenvalue weighted by atomic mass is 10.1. The molecular formula is C21H20N4O5S. The number of nitro benzene ring substituents is 1. The zero-order valence-corrected chi connectivity index (χ0v) is 17.7. The smallest absolute Gasteiger partial charge is 0.293 e. The highest BCUT2D eigenvalue weighted by molar-refractivity contribution is 7.16. The quantitative estimate of drug-likeness (QED) is 0.456. The van der Waals surface area contributed by atoms with Crippen molar-refractivity contribution in [1.82, 2.24) is 4.57 Å². The third kappa shape index (κ3) is 3.52. The Morgan fingerprint density at radius 2 is 1.87 bits per heavy atom. The predicted molar refractivity (Wildman–Crippen MR) is 116 cm³/mol. The number of benzene rings is 2. The monoisotopic (exact) mass is 440 g/mol. The van der Waals surface area contributed by atoms with E-state index in [0.717, 1.165) is 42.6 Å². The van der Waals surface area contributed by atoms with Crippen LogP contribution in [-0.2, 0) is 7.05 Å². The maximum atomic E-state index is 12.8. The van der Waals surface area contributed by atoms with Crippen LogP contribution in [0.4, 0.5) is 11.4 Å². The van der Waals surface area contributed by atoms with Crippen molar-refractivity contribution in [2.75, 3.05) is 24.8 Å². The number of aromatic nitrogens is 1. The number of anilines is 1. The van der Waals surface area contributed by atoms with Crippen LogP contribution in [0.15, 0.2) is 35.3 Å². The van der Waals surface area contributed by atoms with Crippen molar-refractivity contribution in [2.24, 2.45) is 12.0 Å². The van der Waals surface area contributed by atoms with Crippen LogP contribution in [-0.4, -0.2) is 35.3 Å². The first-order valence-corrected chi connectivity index (χ1v) is 10.8. The Bertz CT molecular complexity index is 1270. The Balaban J connectivity index is 1.51. The first-order chi connectivity index (χ1) is 15.0. The van der Waals surface area contributed by atoms with Gasteiger partial charge in [-0.25, -0.2) is 0 Å². The van der Waals surface area contributed by atoms with E-state index in [1.54, 1.807) is 16.7 Å². The second-order valence-corrected chi connectivity index (χ2v) is 8.55. The third-order valence-electron chi connectivity index (χ3n) is 5.62. The number of carbonyl (C=O) groups excluding carboxylic acids is 1. The highest BCUT2D eigenvalue weighted by atomic mass is 32.1. The van der Waals surface area contributed by atoms with E-state index in [-0.39, 0.29) is 18.0 Å². The molecular weight excluding hydrogens is 420 g/mol. The Morgan fingerprint density at radius 1 is 1.13 bits per heavy atom. The van der Waals surface area contributed by atoms with Gasteiger partial charge in [0.1, 0.15) is 5.69 Å². The Morgan fingerprint density at radius 3 is 2.61 bits per heavy atom. The van der Waals surface area contributed by atoms with Crippen molar-refractivity contribution in [3.05, 3.63) is 50.8 Å². The molecule has 3 heterocycles. The van der Waals surface area contributed by atoms with Crippen molar-refractivity contribution in [3.8, 4) is 11.5 Å². The molecule has 31 heavy (non-hydrogen) atoms. The van der Waals surface area contributed by atoms with Gasteiger partial charge in [0.15, 0.2) is 16.3 Å². The zero-order chi connectivity index (χ0) is 21.5. The van der Waals surface area contributed by atoms with Crippen molar-refractivity contribution < 1.29 is 19.2 Å². The number of fused-ring (bicyclic) bond motifs is 2. The number of nitro groups is 1. The molecule has 3 aromatic rings. The van der Waals surface area contributed by atoms with Gasteiger partial charge in [-0.2, -0.15) is 4.99 Å². The number of rotatable bonds is 3. The third-order valence-corrected chi connectivity index (χ3v) is 6.71. The topological polar surface area (TPSA) is 99.2 Å². The molecule has 0 aliphatic carbocycles. The first-order valence-electron chi connectivity index (χ1n) is 10.0. The number of piperidine rings is 1. The van der Waals surface area contributed by atoms with Crippen molar-refractivity contribution in [1.29, 1.82) is 0 Å². The number of hydrogen-bond acceptors (Lipinski definition) is 7. The molecule has 1 amide bonds. The normalized spacial score (nSPS) is 16.2. The van der Waals surface area contributed by atoms with Crippen LogP contribution in [0.3, 0.4) is 0 Å². The van der Waals surface area contributed by atoms with Gasteiger partial charge in [-0.1, -0.05) is 11.3 Å². The number of aryl methyl sites for hydroxylation is 1. The summed E-state index contributed by atoms with van der Waals surface area (Å²) >= 11 is 1.35. The van der Waals surface area contributed by atoms with Gasteiger partial charge in [-0.05, 0) is 31.4 Å². The van der Waals surface area contributed by atoms with Gasteiger partial charge in [0.05, 0.1) is 15.1 Å². The summed E-state index contributed by atoms with van der Waals surface area (Å²) in [6, 6.07) is 8.34. The minimum atomic E-state index is -0.518. The number of thiazole rings is 1. The van der Waals surface area contributed by atoms with Gasteiger partial charge < -0.3 is 18.9 Å². The molecule has 0 atom stereocenters. The SMILES string of the molecule is Cn1c(=NC(=O)c2ccc(N3CCCCC3)c([N+](=O)[O-])c2)sc2cc3c(cc21)OCO3. The highest BCUT2D eigenvalue weighted by Gasteiger charge is 2.23. The maximum Gasteiger partial charge on any atom is 0.293 e. The van der Waals surface area contributed by atoms with E-state index < -0.39 is 10.8 Å². The molecule has 1 aromatic heterocycles. The van der Waals surface area contributed by atoms with Crippen LogP contribution in [0.25, 0.3) is 10.2 Å². The summed E-state index contributed by atoms with van der Waals surface area (Å²) in [6.07, 6.45) is 3.15. The lowest BCUT2D eigenvalue weighted by Crippen LogP contribution is -2.30. The van der Waals surface area contributed by atoms with Gasteiger partial charge in [-0.15, -0.1) is 0 Å². The van der Waals surface area contributed by atoms with E-state index in [1.807, 2.05) is 24.1 Å². The van der Waals surface area contributed by atoms with Crippen LogP contribution >= 0.6 is 11.3 Å². The fraction of sp³-hybridized carbons (Fsp3) is 0.333. The van der Waals surface area contributed by atoms with Gasteiger partial charge in [0, 0.05) is 43.9 Å². The number of carbonyl (C=O) groups is 1. The molecule has 0 spiro atoms. The van der Waals surface area contributed by atoms with Gasteiger partial charge in [-0.3, -0.25) is 14.9 Å². The second kappa shape index (κ2) is 7.69. The van der Waals surface area contributed by atoms with E-state index in [9.17, 15) is 14.9 Å². The molecule has 2 aromatic carbocycles. The number of nitrogens with zero attached hydrogens (tertiary/aromatic N) is 4. The van der Waals surface area contributed by atoms with Gasteiger partial charge in [0.2, 0.25) is 6.79 Å². The average molecular weight is 440 g/mol. The molecule has 0 N–H and O–H groups in total. The summed E-state index contributed by atoms with van der Waals surface area (Å²) in [5.74, 6) is 0.800. The van der Waals surface area contributed by atoms with Crippen LogP contribution in [0.1, 0.15) is 29.6 Å². The van der Waals surface area contributed by atoms with E-state index in [4.69, 9.17) is 9.47 Å². The van der Waals surface area contributed by atoms with E-state index in [1.165, 1.54) is 17.4 Å². The summed E-state index contributed by atoms with van der Waals surface area (Å²) in [6.45, 7) is 1.76. The fourth-order valence-electron chi connectivity index (χ4n) is 3.98. The van der Waals surface area contributed by atoms with E-state index in [0.29, 0.717) is 22.0 Å². The lowest BCUT2D eigenvalue weighted by molar-refractivity contribution is -0.384. The van der Waals surface area contributed by atoms with Crippen molar-refractivity contribution in [3.63, 3.8) is 0 Å². The lowest BCUT2D eigenvalue weighted by Gasteiger charge is -2.28. The van der Waals surface area contributed by atoms with E-state index >= 15 is 0 Å². The van der Waals surface area contributed by atoms with Gasteiger partial charge in [0.25, 0.3) is 11.6 Å². The summed E-state index contributed by atoms with van der Waals surface area (Å²) in [5.41, 5.74) is 1.56. The molecule has 0 bridgehead atoms. The molecule has 2 aliphatic heterocycles. The van der Waals surface area contributed by atoms with E-state index in [2.05, 4.69) is 4.99 Å². The zero-order valence-electron chi connectivity index (χ0n) is 16.9.